The summed E-state index contributed by atoms with van der Waals surface area (Å²) in [5.41, 5.74) is 7.74. The second-order valence-corrected chi connectivity index (χ2v) is 4.16. The summed E-state index contributed by atoms with van der Waals surface area (Å²) in [6, 6.07) is 2.02. The normalized spacial score (nSPS) is 18.6. The van der Waals surface area contributed by atoms with E-state index in [1.807, 2.05) is 13.0 Å². The summed E-state index contributed by atoms with van der Waals surface area (Å²) in [5.74, 6) is 0.855. The third-order valence-corrected chi connectivity index (χ3v) is 2.89. The predicted molar refractivity (Wildman–Crippen MR) is 57.7 cm³/mol. The standard InChI is InChI=1S/C11H17N3O/c1-3-9-4-8(2)13-10(14-9)11(5-12)6-15-7-11/h4H,3,5-7,12H2,1-2H3. The van der Waals surface area contributed by atoms with Crippen LogP contribution in [-0.2, 0) is 16.6 Å². The van der Waals surface area contributed by atoms with Crippen LogP contribution in [0.5, 0.6) is 0 Å². The van der Waals surface area contributed by atoms with Gasteiger partial charge in [-0.3, -0.25) is 0 Å². The minimum Gasteiger partial charge on any atom is -0.379 e. The zero-order valence-electron chi connectivity index (χ0n) is 9.29. The molecular weight excluding hydrogens is 190 g/mol. The highest BCUT2D eigenvalue weighted by molar-refractivity contribution is 5.19. The number of hydrogen-bond acceptors (Lipinski definition) is 4. The van der Waals surface area contributed by atoms with Gasteiger partial charge < -0.3 is 10.5 Å². The molecule has 0 unspecified atom stereocenters. The number of aryl methyl sites for hydroxylation is 2. The van der Waals surface area contributed by atoms with Gasteiger partial charge in [-0.2, -0.15) is 0 Å². The molecule has 0 aliphatic carbocycles. The highest BCUT2D eigenvalue weighted by Gasteiger charge is 2.42. The molecule has 1 aliphatic rings. The van der Waals surface area contributed by atoms with Gasteiger partial charge in [-0.25, -0.2) is 9.97 Å². The van der Waals surface area contributed by atoms with Crippen LogP contribution in [0.4, 0.5) is 0 Å². The van der Waals surface area contributed by atoms with Crippen molar-refractivity contribution in [3.8, 4) is 0 Å². The summed E-state index contributed by atoms with van der Waals surface area (Å²) in [5, 5.41) is 0. The Kier molecular flexibility index (Phi) is 2.71. The minimum absolute atomic E-state index is 0.129. The van der Waals surface area contributed by atoms with Gasteiger partial charge in [0.2, 0.25) is 0 Å². The summed E-state index contributed by atoms with van der Waals surface area (Å²) < 4.78 is 5.24. The minimum atomic E-state index is -0.129. The van der Waals surface area contributed by atoms with E-state index in [1.54, 1.807) is 0 Å². The molecule has 15 heavy (non-hydrogen) atoms. The van der Waals surface area contributed by atoms with Crippen molar-refractivity contribution in [1.82, 2.24) is 9.97 Å². The number of hydrogen-bond donors (Lipinski definition) is 1. The summed E-state index contributed by atoms with van der Waals surface area (Å²) in [6.07, 6.45) is 0.928. The number of ether oxygens (including phenoxy) is 1. The van der Waals surface area contributed by atoms with E-state index in [2.05, 4.69) is 16.9 Å². The zero-order valence-corrected chi connectivity index (χ0v) is 9.29. The number of nitrogens with two attached hydrogens (primary N) is 1. The van der Waals surface area contributed by atoms with E-state index in [-0.39, 0.29) is 5.41 Å². The van der Waals surface area contributed by atoms with Gasteiger partial charge >= 0.3 is 0 Å². The summed E-state index contributed by atoms with van der Waals surface area (Å²) in [6.45, 7) is 5.94. The van der Waals surface area contributed by atoms with Crippen LogP contribution >= 0.6 is 0 Å². The van der Waals surface area contributed by atoms with Gasteiger partial charge in [0, 0.05) is 17.9 Å². The summed E-state index contributed by atoms with van der Waals surface area (Å²) in [7, 11) is 0. The maximum absolute atomic E-state index is 5.78. The Hall–Kier alpha value is -1.00. The van der Waals surface area contributed by atoms with Crippen LogP contribution in [0, 0.1) is 6.92 Å². The molecule has 4 nitrogen and oxygen atoms in total. The maximum Gasteiger partial charge on any atom is 0.140 e. The molecule has 0 amide bonds. The molecule has 82 valence electrons. The number of rotatable bonds is 3. The average Bonchev–Trinajstić information content (AvgIpc) is 2.16. The Morgan fingerprint density at radius 1 is 1.47 bits per heavy atom. The molecule has 4 heteroatoms. The molecule has 0 saturated carbocycles. The van der Waals surface area contributed by atoms with Gasteiger partial charge in [0.15, 0.2) is 0 Å². The highest BCUT2D eigenvalue weighted by atomic mass is 16.5. The van der Waals surface area contributed by atoms with Crippen molar-refractivity contribution in [3.05, 3.63) is 23.3 Å². The molecular formula is C11H17N3O. The van der Waals surface area contributed by atoms with E-state index in [0.717, 1.165) is 23.6 Å². The van der Waals surface area contributed by atoms with E-state index in [0.29, 0.717) is 19.8 Å². The lowest BCUT2D eigenvalue weighted by atomic mass is 9.85. The maximum atomic E-state index is 5.78. The molecule has 1 saturated heterocycles. The van der Waals surface area contributed by atoms with Crippen LogP contribution in [-0.4, -0.2) is 29.7 Å². The van der Waals surface area contributed by atoms with E-state index < -0.39 is 0 Å². The molecule has 0 atom stereocenters. The van der Waals surface area contributed by atoms with Crippen molar-refractivity contribution >= 4 is 0 Å². The first kappa shape index (κ1) is 10.5. The molecule has 1 aliphatic heterocycles. The first-order valence-electron chi connectivity index (χ1n) is 5.33. The summed E-state index contributed by atoms with van der Waals surface area (Å²) in [4.78, 5) is 9.02. The van der Waals surface area contributed by atoms with Crippen LogP contribution < -0.4 is 5.73 Å². The first-order valence-corrected chi connectivity index (χ1v) is 5.33. The van der Waals surface area contributed by atoms with Gasteiger partial charge in [-0.15, -0.1) is 0 Å². The predicted octanol–water partition coefficient (Wildman–Crippen LogP) is 0.574. The molecule has 2 N–H and O–H groups in total. The molecule has 2 heterocycles. The topological polar surface area (TPSA) is 61.0 Å². The van der Waals surface area contributed by atoms with Crippen molar-refractivity contribution in [2.75, 3.05) is 19.8 Å². The molecule has 0 spiro atoms. The fourth-order valence-corrected chi connectivity index (χ4v) is 1.74. The van der Waals surface area contributed by atoms with Crippen molar-refractivity contribution in [2.45, 2.75) is 25.7 Å². The lowest BCUT2D eigenvalue weighted by Gasteiger charge is -2.39. The molecule has 2 rings (SSSR count). The first-order chi connectivity index (χ1) is 7.20. The number of nitrogens with zero attached hydrogens (tertiary/aromatic N) is 2. The summed E-state index contributed by atoms with van der Waals surface area (Å²) >= 11 is 0. The Balaban J connectivity index is 2.38. The zero-order chi connectivity index (χ0) is 10.9. The van der Waals surface area contributed by atoms with Crippen LogP contribution in [0.1, 0.15) is 24.1 Å². The molecule has 0 aromatic carbocycles. The van der Waals surface area contributed by atoms with Crippen LogP contribution in [0.25, 0.3) is 0 Å². The third kappa shape index (κ3) is 1.75. The van der Waals surface area contributed by atoms with Crippen LogP contribution in [0.3, 0.4) is 0 Å². The second kappa shape index (κ2) is 3.87. The monoisotopic (exact) mass is 207 g/mol. The molecule has 0 radical (unpaired) electrons. The van der Waals surface area contributed by atoms with Crippen LogP contribution in [0.15, 0.2) is 6.07 Å². The third-order valence-electron chi connectivity index (χ3n) is 2.89. The molecule has 0 bridgehead atoms. The van der Waals surface area contributed by atoms with Crippen molar-refractivity contribution in [2.24, 2.45) is 5.73 Å². The van der Waals surface area contributed by atoms with Gasteiger partial charge in [0.05, 0.1) is 18.6 Å². The van der Waals surface area contributed by atoms with Gasteiger partial charge in [-0.05, 0) is 19.4 Å². The highest BCUT2D eigenvalue weighted by Crippen LogP contribution is 2.28. The largest absolute Gasteiger partial charge is 0.379 e. The van der Waals surface area contributed by atoms with Gasteiger partial charge in [-0.1, -0.05) is 6.92 Å². The van der Waals surface area contributed by atoms with E-state index in [1.165, 1.54) is 0 Å². The Labute approximate surface area is 89.9 Å². The van der Waals surface area contributed by atoms with Crippen molar-refractivity contribution < 1.29 is 4.74 Å². The fraction of sp³-hybridized carbons (Fsp3) is 0.636. The van der Waals surface area contributed by atoms with E-state index in [9.17, 15) is 0 Å². The van der Waals surface area contributed by atoms with E-state index in [4.69, 9.17) is 10.5 Å². The SMILES string of the molecule is CCc1cc(C)nc(C2(CN)COC2)n1. The average molecular weight is 207 g/mol. The lowest BCUT2D eigenvalue weighted by Crippen LogP contribution is -2.53. The second-order valence-electron chi connectivity index (χ2n) is 4.16. The smallest absolute Gasteiger partial charge is 0.140 e. The quantitative estimate of drug-likeness (QED) is 0.787. The lowest BCUT2D eigenvalue weighted by molar-refractivity contribution is -0.0595. The molecule has 1 aromatic heterocycles. The van der Waals surface area contributed by atoms with Crippen molar-refractivity contribution in [3.63, 3.8) is 0 Å². The fourth-order valence-electron chi connectivity index (χ4n) is 1.74. The Morgan fingerprint density at radius 2 is 2.20 bits per heavy atom. The number of aromatic nitrogens is 2. The van der Waals surface area contributed by atoms with Crippen molar-refractivity contribution in [1.29, 1.82) is 0 Å². The van der Waals surface area contributed by atoms with Gasteiger partial charge in [0.25, 0.3) is 0 Å². The van der Waals surface area contributed by atoms with E-state index >= 15 is 0 Å². The van der Waals surface area contributed by atoms with Gasteiger partial charge in [0.1, 0.15) is 5.82 Å². The molecule has 1 aromatic rings. The molecule has 1 fully saturated rings. The van der Waals surface area contributed by atoms with Crippen LogP contribution in [0.2, 0.25) is 0 Å². The Bertz CT molecular complexity index is 355. The Morgan fingerprint density at radius 3 is 2.67 bits per heavy atom.